The lowest BCUT2D eigenvalue weighted by Gasteiger charge is -2.27. The van der Waals surface area contributed by atoms with Crippen molar-refractivity contribution in [1.29, 1.82) is 0 Å². The fourth-order valence-corrected chi connectivity index (χ4v) is 2.16. The van der Waals surface area contributed by atoms with Crippen molar-refractivity contribution in [3.8, 4) is 0 Å². The van der Waals surface area contributed by atoms with Gasteiger partial charge in [-0.05, 0) is 32.0 Å². The Morgan fingerprint density at radius 2 is 1.80 bits per heavy atom. The van der Waals surface area contributed by atoms with Crippen molar-refractivity contribution >= 4 is 29.2 Å². The molecule has 0 heterocycles. The first-order valence-corrected chi connectivity index (χ1v) is 7.10. The van der Waals surface area contributed by atoms with Gasteiger partial charge in [0.15, 0.2) is 5.11 Å². The lowest BCUT2D eigenvalue weighted by molar-refractivity contribution is -0.150. The predicted molar refractivity (Wildman–Crippen MR) is 82.5 cm³/mol. The summed E-state index contributed by atoms with van der Waals surface area (Å²) in [5, 5.41) is 15.6. The van der Waals surface area contributed by atoms with Crippen LogP contribution in [0.4, 0.5) is 0 Å². The first-order chi connectivity index (χ1) is 9.16. The summed E-state index contributed by atoms with van der Waals surface area (Å²) in [4.78, 5) is 24.4. The monoisotopic (exact) mass is 303 g/mol. The van der Waals surface area contributed by atoms with Crippen molar-refractivity contribution in [3.63, 3.8) is 0 Å². The lowest BCUT2D eigenvalue weighted by Crippen LogP contribution is -2.47. The molecule has 116 valence electrons. The van der Waals surface area contributed by atoms with E-state index < -0.39 is 12.0 Å². The van der Waals surface area contributed by atoms with Gasteiger partial charge in [0, 0.05) is 26.1 Å². The zero-order valence-electron chi connectivity index (χ0n) is 12.8. The summed E-state index contributed by atoms with van der Waals surface area (Å²) >= 11 is 5.04. The van der Waals surface area contributed by atoms with E-state index in [-0.39, 0.29) is 24.3 Å². The van der Waals surface area contributed by atoms with Crippen LogP contribution >= 0.6 is 12.2 Å². The summed E-state index contributed by atoms with van der Waals surface area (Å²) in [6.45, 7) is 7.87. The highest BCUT2D eigenvalue weighted by atomic mass is 32.1. The minimum Gasteiger partial charge on any atom is -0.480 e. The zero-order chi connectivity index (χ0) is 15.9. The summed E-state index contributed by atoms with van der Waals surface area (Å²) < 4.78 is 0. The van der Waals surface area contributed by atoms with E-state index in [1.165, 1.54) is 11.9 Å². The molecule has 1 amide bonds. The fourth-order valence-electron chi connectivity index (χ4n) is 1.83. The number of carbonyl (C=O) groups is 2. The first-order valence-electron chi connectivity index (χ1n) is 6.69. The topological polar surface area (TPSA) is 81.7 Å². The Hall–Kier alpha value is -1.37. The van der Waals surface area contributed by atoms with Crippen LogP contribution in [-0.2, 0) is 9.59 Å². The predicted octanol–water partition coefficient (Wildman–Crippen LogP) is 0.817. The minimum atomic E-state index is -0.985. The number of aliphatic carboxylic acids is 1. The van der Waals surface area contributed by atoms with E-state index >= 15 is 0 Å². The number of hydrogen-bond acceptors (Lipinski definition) is 3. The molecule has 0 fully saturated rings. The molecule has 0 rings (SSSR count). The molecule has 0 aliphatic rings. The third-order valence-electron chi connectivity index (χ3n) is 2.74. The Morgan fingerprint density at radius 3 is 2.20 bits per heavy atom. The van der Waals surface area contributed by atoms with Gasteiger partial charge in [-0.2, -0.15) is 0 Å². The molecule has 1 atom stereocenters. The summed E-state index contributed by atoms with van der Waals surface area (Å²) in [7, 11) is 1.52. The molecule has 1 unspecified atom stereocenters. The van der Waals surface area contributed by atoms with Gasteiger partial charge in [0.2, 0.25) is 5.91 Å². The number of thiocarbonyl (C=S) groups is 1. The summed E-state index contributed by atoms with van der Waals surface area (Å²) in [6, 6.07) is -0.575. The average Bonchev–Trinajstić information content (AvgIpc) is 2.26. The number of carboxylic acids is 1. The highest BCUT2D eigenvalue weighted by Crippen LogP contribution is 2.10. The van der Waals surface area contributed by atoms with Crippen LogP contribution in [0.5, 0.6) is 0 Å². The van der Waals surface area contributed by atoms with Gasteiger partial charge in [0.05, 0.1) is 0 Å². The Bertz CT molecular complexity index is 359. The number of likely N-dealkylation sites (N-methyl/N-ethyl adjacent to an activating group) is 1. The SMILES string of the molecule is CC(C)NC(=S)NCCC(=O)N(C)C(C(=O)O)C(C)C. The number of amides is 1. The van der Waals surface area contributed by atoms with Gasteiger partial charge in [-0.1, -0.05) is 13.8 Å². The van der Waals surface area contributed by atoms with Crippen LogP contribution in [0, 0.1) is 5.92 Å². The van der Waals surface area contributed by atoms with Crippen LogP contribution in [0.1, 0.15) is 34.1 Å². The molecule has 0 radical (unpaired) electrons. The maximum absolute atomic E-state index is 12.0. The van der Waals surface area contributed by atoms with Crippen LogP contribution < -0.4 is 10.6 Å². The third kappa shape index (κ3) is 6.70. The molecule has 3 N–H and O–H groups in total. The van der Waals surface area contributed by atoms with E-state index in [4.69, 9.17) is 17.3 Å². The smallest absolute Gasteiger partial charge is 0.326 e. The molecular weight excluding hydrogens is 278 g/mol. The molecule has 20 heavy (non-hydrogen) atoms. The zero-order valence-corrected chi connectivity index (χ0v) is 13.6. The Labute approximate surface area is 125 Å². The van der Waals surface area contributed by atoms with E-state index in [0.717, 1.165) is 0 Å². The maximum Gasteiger partial charge on any atom is 0.326 e. The van der Waals surface area contributed by atoms with Crippen molar-refractivity contribution in [1.82, 2.24) is 15.5 Å². The van der Waals surface area contributed by atoms with E-state index in [1.807, 2.05) is 13.8 Å². The molecular formula is C13H25N3O3S. The largest absolute Gasteiger partial charge is 0.480 e. The van der Waals surface area contributed by atoms with Gasteiger partial charge in [0.25, 0.3) is 0 Å². The summed E-state index contributed by atoms with van der Waals surface area (Å²) in [6.07, 6.45) is 0.201. The molecule has 0 spiro atoms. The second kappa shape index (κ2) is 8.73. The highest BCUT2D eigenvalue weighted by Gasteiger charge is 2.28. The molecule has 6 nitrogen and oxygen atoms in total. The van der Waals surface area contributed by atoms with Crippen LogP contribution in [0.15, 0.2) is 0 Å². The van der Waals surface area contributed by atoms with Gasteiger partial charge >= 0.3 is 5.97 Å². The molecule has 0 aliphatic carbocycles. The average molecular weight is 303 g/mol. The van der Waals surface area contributed by atoms with Crippen LogP contribution in [-0.4, -0.2) is 52.7 Å². The van der Waals surface area contributed by atoms with Gasteiger partial charge in [0.1, 0.15) is 6.04 Å². The summed E-state index contributed by atoms with van der Waals surface area (Å²) in [5.41, 5.74) is 0. The molecule has 0 saturated heterocycles. The van der Waals surface area contributed by atoms with Gasteiger partial charge in [-0.25, -0.2) is 4.79 Å². The standard InChI is InChI=1S/C13H25N3O3S/c1-8(2)11(12(18)19)16(5)10(17)6-7-14-13(20)15-9(3)4/h8-9,11H,6-7H2,1-5H3,(H,18,19)(H2,14,15,20). The van der Waals surface area contributed by atoms with Gasteiger partial charge in [-0.3, -0.25) is 4.79 Å². The molecule has 0 aromatic heterocycles. The number of carboxylic acid groups (broad SMARTS) is 1. The van der Waals surface area contributed by atoms with Crippen molar-refractivity contribution in [2.24, 2.45) is 5.92 Å². The Balaban J connectivity index is 4.26. The van der Waals surface area contributed by atoms with Gasteiger partial charge in [-0.15, -0.1) is 0 Å². The molecule has 0 aromatic rings. The van der Waals surface area contributed by atoms with E-state index in [0.29, 0.717) is 11.7 Å². The number of rotatable bonds is 7. The van der Waals surface area contributed by atoms with Crippen molar-refractivity contribution in [3.05, 3.63) is 0 Å². The second-order valence-electron chi connectivity index (χ2n) is 5.34. The molecule has 0 aromatic carbocycles. The fraction of sp³-hybridized carbons (Fsp3) is 0.769. The van der Waals surface area contributed by atoms with Crippen LogP contribution in [0.2, 0.25) is 0 Å². The van der Waals surface area contributed by atoms with Gasteiger partial charge < -0.3 is 20.6 Å². The number of nitrogens with one attached hydrogen (secondary N) is 2. The number of hydrogen-bond donors (Lipinski definition) is 3. The van der Waals surface area contributed by atoms with E-state index in [2.05, 4.69) is 10.6 Å². The van der Waals surface area contributed by atoms with Crippen LogP contribution in [0.3, 0.4) is 0 Å². The normalized spacial score (nSPS) is 12.2. The van der Waals surface area contributed by atoms with E-state index in [1.54, 1.807) is 13.8 Å². The quantitative estimate of drug-likeness (QED) is 0.604. The second-order valence-corrected chi connectivity index (χ2v) is 5.74. The minimum absolute atomic E-state index is 0.141. The number of nitrogens with zero attached hydrogens (tertiary/aromatic N) is 1. The number of carbonyl (C=O) groups excluding carboxylic acids is 1. The van der Waals surface area contributed by atoms with Crippen molar-refractivity contribution in [2.45, 2.75) is 46.2 Å². The third-order valence-corrected chi connectivity index (χ3v) is 3.00. The Kier molecular flexibility index (Phi) is 8.13. The van der Waals surface area contributed by atoms with E-state index in [9.17, 15) is 9.59 Å². The molecule has 0 bridgehead atoms. The summed E-state index contributed by atoms with van der Waals surface area (Å²) in [5.74, 6) is -1.34. The molecule has 7 heteroatoms. The van der Waals surface area contributed by atoms with Crippen molar-refractivity contribution in [2.75, 3.05) is 13.6 Å². The molecule has 0 aliphatic heterocycles. The molecule has 0 saturated carbocycles. The lowest BCUT2D eigenvalue weighted by atomic mass is 10.0. The van der Waals surface area contributed by atoms with Crippen LogP contribution in [0.25, 0.3) is 0 Å². The van der Waals surface area contributed by atoms with Crippen molar-refractivity contribution < 1.29 is 14.7 Å². The Morgan fingerprint density at radius 1 is 1.25 bits per heavy atom. The first kappa shape index (κ1) is 18.6. The highest BCUT2D eigenvalue weighted by molar-refractivity contribution is 7.80. The maximum atomic E-state index is 12.0.